The average molecular weight is 196 g/mol. The molecule has 0 saturated carbocycles. The molecular weight excluding hydrogens is 188 g/mol. The van der Waals surface area contributed by atoms with Crippen LogP contribution in [0.1, 0.15) is 5.69 Å². The molecule has 0 radical (unpaired) electrons. The fraction of sp³-hybridized carbons (Fsp3) is 0.143. The van der Waals surface area contributed by atoms with Gasteiger partial charge in [-0.1, -0.05) is 5.16 Å². The first-order valence-corrected chi connectivity index (χ1v) is 4.55. The molecule has 0 atom stereocenters. The smallest absolute Gasteiger partial charge is 0.193 e. The number of hydrogen-bond acceptors (Lipinski definition) is 4. The highest BCUT2D eigenvalue weighted by molar-refractivity contribution is 7.15. The van der Waals surface area contributed by atoms with Crippen LogP contribution in [0.3, 0.4) is 0 Å². The van der Waals surface area contributed by atoms with Crippen molar-refractivity contribution in [2.24, 2.45) is 10.9 Å². The predicted molar refractivity (Wildman–Crippen MR) is 50.2 cm³/mol. The molecule has 0 aromatic carbocycles. The largest absolute Gasteiger partial charge is 0.409 e. The van der Waals surface area contributed by atoms with Crippen LogP contribution < -0.4 is 5.73 Å². The molecule has 0 bridgehead atoms. The lowest BCUT2D eigenvalue weighted by atomic mass is 10.3. The molecule has 3 N–H and O–H groups in total. The molecule has 0 spiro atoms. The second kappa shape index (κ2) is 3.06. The number of oxime groups is 1. The minimum Gasteiger partial charge on any atom is -0.409 e. The Hall–Kier alpha value is -1.56. The molecule has 6 heteroatoms. The van der Waals surface area contributed by atoms with Gasteiger partial charge < -0.3 is 10.9 Å². The molecule has 2 heterocycles. The molecule has 0 unspecified atom stereocenters. The van der Waals surface area contributed by atoms with Crippen LogP contribution in [0.5, 0.6) is 0 Å². The van der Waals surface area contributed by atoms with Gasteiger partial charge in [-0.25, -0.2) is 4.98 Å². The summed E-state index contributed by atoms with van der Waals surface area (Å²) in [6.45, 7) is 0. The lowest BCUT2D eigenvalue weighted by molar-refractivity contribution is 0.317. The molecule has 0 saturated heterocycles. The number of hydrogen-bond donors (Lipinski definition) is 2. The maximum absolute atomic E-state index is 8.35. The fourth-order valence-corrected chi connectivity index (χ4v) is 1.80. The van der Waals surface area contributed by atoms with Crippen molar-refractivity contribution < 1.29 is 5.21 Å². The Kier molecular flexibility index (Phi) is 1.90. The number of fused-ring (bicyclic) bond motifs is 1. The molecule has 0 aliphatic rings. The van der Waals surface area contributed by atoms with Gasteiger partial charge in [0.05, 0.1) is 12.1 Å². The summed E-state index contributed by atoms with van der Waals surface area (Å²) in [4.78, 5) is 5.19. The van der Waals surface area contributed by atoms with Crippen LogP contribution in [0.2, 0.25) is 0 Å². The average Bonchev–Trinajstić information content (AvgIpc) is 2.63. The number of nitrogens with zero attached hydrogens (tertiary/aromatic N) is 3. The summed E-state index contributed by atoms with van der Waals surface area (Å²) in [5, 5.41) is 13.2. The van der Waals surface area contributed by atoms with Crippen LogP contribution in [0.25, 0.3) is 4.96 Å². The van der Waals surface area contributed by atoms with Gasteiger partial charge in [-0.2, -0.15) is 0 Å². The first-order valence-electron chi connectivity index (χ1n) is 3.67. The summed E-state index contributed by atoms with van der Waals surface area (Å²) >= 11 is 1.55. The Morgan fingerprint density at radius 3 is 3.31 bits per heavy atom. The summed E-state index contributed by atoms with van der Waals surface area (Å²) in [5.74, 6) is 0.172. The predicted octanol–water partition coefficient (Wildman–Crippen LogP) is 0.685. The van der Waals surface area contributed by atoms with Gasteiger partial charge in [0.1, 0.15) is 5.84 Å². The molecule has 0 fully saturated rings. The topological polar surface area (TPSA) is 75.9 Å². The van der Waals surface area contributed by atoms with E-state index >= 15 is 0 Å². The Morgan fingerprint density at radius 2 is 2.62 bits per heavy atom. The van der Waals surface area contributed by atoms with E-state index in [-0.39, 0.29) is 5.84 Å². The summed E-state index contributed by atoms with van der Waals surface area (Å²) < 4.78 is 1.91. The van der Waals surface area contributed by atoms with Crippen molar-refractivity contribution in [1.82, 2.24) is 9.38 Å². The van der Waals surface area contributed by atoms with E-state index in [4.69, 9.17) is 10.9 Å². The van der Waals surface area contributed by atoms with Crippen molar-refractivity contribution in [1.29, 1.82) is 0 Å². The van der Waals surface area contributed by atoms with Gasteiger partial charge >= 0.3 is 0 Å². The van der Waals surface area contributed by atoms with Crippen LogP contribution in [-0.2, 0) is 6.42 Å². The normalized spacial score (nSPS) is 12.5. The van der Waals surface area contributed by atoms with Gasteiger partial charge in [-0.3, -0.25) is 4.40 Å². The molecule has 2 aromatic heterocycles. The SMILES string of the molecule is N/C(Cc1cn2ccsc2n1)=N/O. The van der Waals surface area contributed by atoms with Gasteiger partial charge in [0.15, 0.2) is 4.96 Å². The monoisotopic (exact) mass is 196 g/mol. The zero-order valence-electron chi connectivity index (χ0n) is 6.71. The molecule has 68 valence electrons. The molecule has 5 nitrogen and oxygen atoms in total. The second-order valence-electron chi connectivity index (χ2n) is 2.59. The molecule has 0 aliphatic heterocycles. The number of nitrogens with two attached hydrogens (primary N) is 1. The van der Waals surface area contributed by atoms with E-state index in [0.717, 1.165) is 10.7 Å². The number of amidine groups is 1. The molecular formula is C7H8N4OS. The highest BCUT2D eigenvalue weighted by atomic mass is 32.1. The highest BCUT2D eigenvalue weighted by Crippen LogP contribution is 2.11. The summed E-state index contributed by atoms with van der Waals surface area (Å²) in [6, 6.07) is 0. The summed E-state index contributed by atoms with van der Waals surface area (Å²) in [7, 11) is 0. The fourth-order valence-electron chi connectivity index (χ4n) is 1.08. The van der Waals surface area contributed by atoms with Gasteiger partial charge in [-0.05, 0) is 0 Å². The van der Waals surface area contributed by atoms with Gasteiger partial charge in [-0.15, -0.1) is 11.3 Å². The van der Waals surface area contributed by atoms with E-state index < -0.39 is 0 Å². The van der Waals surface area contributed by atoms with Crippen molar-refractivity contribution in [2.45, 2.75) is 6.42 Å². The molecule has 0 aliphatic carbocycles. The molecule has 13 heavy (non-hydrogen) atoms. The number of thiazole rings is 1. The third kappa shape index (κ3) is 1.48. The van der Waals surface area contributed by atoms with Gasteiger partial charge in [0.25, 0.3) is 0 Å². The zero-order chi connectivity index (χ0) is 9.26. The van der Waals surface area contributed by atoms with Gasteiger partial charge in [0.2, 0.25) is 0 Å². The van der Waals surface area contributed by atoms with E-state index in [1.807, 2.05) is 22.2 Å². The van der Waals surface area contributed by atoms with E-state index in [0.29, 0.717) is 6.42 Å². The van der Waals surface area contributed by atoms with E-state index in [9.17, 15) is 0 Å². The number of aromatic nitrogens is 2. The van der Waals surface area contributed by atoms with Gasteiger partial charge in [0, 0.05) is 17.8 Å². The van der Waals surface area contributed by atoms with Crippen molar-refractivity contribution in [3.63, 3.8) is 0 Å². The van der Waals surface area contributed by atoms with E-state index in [1.165, 1.54) is 0 Å². The summed E-state index contributed by atoms with van der Waals surface area (Å²) in [6.07, 6.45) is 4.16. The Bertz CT molecular complexity index is 415. The summed E-state index contributed by atoms with van der Waals surface area (Å²) in [5.41, 5.74) is 6.16. The Morgan fingerprint density at radius 1 is 1.77 bits per heavy atom. The van der Waals surface area contributed by atoms with Crippen LogP contribution in [0, 0.1) is 0 Å². The molecule has 2 aromatic rings. The highest BCUT2D eigenvalue weighted by Gasteiger charge is 2.03. The second-order valence-corrected chi connectivity index (χ2v) is 3.47. The lowest BCUT2D eigenvalue weighted by Gasteiger charge is -1.91. The minimum absolute atomic E-state index is 0.172. The zero-order valence-corrected chi connectivity index (χ0v) is 7.53. The van der Waals surface area contributed by atoms with Crippen molar-refractivity contribution in [3.8, 4) is 0 Å². The van der Waals surface area contributed by atoms with Crippen LogP contribution >= 0.6 is 11.3 Å². The quantitative estimate of drug-likeness (QED) is 0.321. The lowest BCUT2D eigenvalue weighted by Crippen LogP contribution is -2.14. The van der Waals surface area contributed by atoms with Crippen molar-refractivity contribution in [3.05, 3.63) is 23.5 Å². The Balaban J connectivity index is 2.30. The first kappa shape index (κ1) is 8.06. The molecule has 2 rings (SSSR count). The van der Waals surface area contributed by atoms with Crippen LogP contribution in [0.4, 0.5) is 0 Å². The van der Waals surface area contributed by atoms with Crippen molar-refractivity contribution in [2.75, 3.05) is 0 Å². The van der Waals surface area contributed by atoms with E-state index in [2.05, 4.69) is 10.1 Å². The number of imidazole rings is 1. The van der Waals surface area contributed by atoms with E-state index in [1.54, 1.807) is 11.3 Å². The number of rotatable bonds is 2. The van der Waals surface area contributed by atoms with Crippen LogP contribution in [0.15, 0.2) is 22.9 Å². The standard InChI is InChI=1S/C7H8N4OS/c8-6(10-12)3-5-4-11-1-2-13-7(11)9-5/h1-2,4,12H,3H2,(H2,8,10). The minimum atomic E-state index is 0.172. The first-order chi connectivity index (χ1) is 6.29. The van der Waals surface area contributed by atoms with Crippen molar-refractivity contribution >= 4 is 22.1 Å². The van der Waals surface area contributed by atoms with Crippen LogP contribution in [-0.4, -0.2) is 20.4 Å². The molecule has 0 amide bonds. The Labute approximate surface area is 78.1 Å². The maximum Gasteiger partial charge on any atom is 0.193 e. The third-order valence-electron chi connectivity index (χ3n) is 1.63. The third-order valence-corrected chi connectivity index (χ3v) is 2.40. The maximum atomic E-state index is 8.35.